The van der Waals surface area contributed by atoms with Gasteiger partial charge in [0.05, 0.1) is 0 Å². The van der Waals surface area contributed by atoms with Crippen molar-refractivity contribution >= 4 is 28.6 Å². The molecule has 4 nitrogen and oxygen atoms in total. The zero-order chi connectivity index (χ0) is 13.3. The number of hydrogen-bond donors (Lipinski definition) is 2. The van der Waals surface area contributed by atoms with Crippen molar-refractivity contribution in [1.29, 1.82) is 0 Å². The topological polar surface area (TPSA) is 70.2 Å². The summed E-state index contributed by atoms with van der Waals surface area (Å²) in [4.78, 5) is 24.8. The van der Waals surface area contributed by atoms with Crippen molar-refractivity contribution in [3.05, 3.63) is 55.8 Å². The van der Waals surface area contributed by atoms with Crippen LogP contribution < -0.4 is 5.56 Å². The molecule has 0 amide bonds. The van der Waals surface area contributed by atoms with Crippen LogP contribution in [0.2, 0.25) is 0 Å². The fourth-order valence-electron chi connectivity index (χ4n) is 1.54. The molecule has 0 aliphatic carbocycles. The van der Waals surface area contributed by atoms with E-state index in [-0.39, 0.29) is 11.4 Å². The van der Waals surface area contributed by atoms with Gasteiger partial charge in [-0.05, 0) is 40.3 Å². The van der Waals surface area contributed by atoms with Crippen LogP contribution in [0.4, 0.5) is 4.39 Å². The van der Waals surface area contributed by atoms with Crippen molar-refractivity contribution in [2.45, 2.75) is 0 Å². The average molecular weight is 359 g/mol. The molecular formula is C12H7FINO3. The number of carbonyl (C=O) groups is 1. The van der Waals surface area contributed by atoms with E-state index in [1.807, 2.05) is 0 Å². The quantitative estimate of drug-likeness (QED) is 0.810. The molecule has 0 aliphatic rings. The number of H-pyrrole nitrogens is 1. The van der Waals surface area contributed by atoms with Crippen LogP contribution in [0.3, 0.4) is 0 Å². The molecule has 2 N–H and O–H groups in total. The molecule has 1 heterocycles. The summed E-state index contributed by atoms with van der Waals surface area (Å²) < 4.78 is 13.1. The zero-order valence-electron chi connectivity index (χ0n) is 8.91. The summed E-state index contributed by atoms with van der Waals surface area (Å²) in [6.07, 6.45) is 1.42. The maximum atomic E-state index is 12.8. The van der Waals surface area contributed by atoms with Crippen molar-refractivity contribution in [3.63, 3.8) is 0 Å². The highest BCUT2D eigenvalue weighted by Gasteiger charge is 2.17. The maximum absolute atomic E-state index is 12.8. The number of hydrogen-bond acceptors (Lipinski definition) is 2. The van der Waals surface area contributed by atoms with Gasteiger partial charge in [-0.2, -0.15) is 0 Å². The molecule has 1 aromatic carbocycles. The second kappa shape index (κ2) is 4.89. The van der Waals surface area contributed by atoms with Gasteiger partial charge in [0.25, 0.3) is 5.56 Å². The molecule has 6 heteroatoms. The highest BCUT2D eigenvalue weighted by atomic mass is 127. The first kappa shape index (κ1) is 12.7. The van der Waals surface area contributed by atoms with E-state index in [4.69, 9.17) is 5.11 Å². The molecule has 0 spiro atoms. The van der Waals surface area contributed by atoms with E-state index in [1.54, 1.807) is 22.6 Å². The van der Waals surface area contributed by atoms with Gasteiger partial charge in [-0.1, -0.05) is 12.1 Å². The van der Waals surface area contributed by atoms with Gasteiger partial charge in [-0.3, -0.25) is 4.79 Å². The van der Waals surface area contributed by atoms with E-state index in [2.05, 4.69) is 4.98 Å². The van der Waals surface area contributed by atoms with Gasteiger partial charge in [0, 0.05) is 15.3 Å². The minimum atomic E-state index is -1.29. The van der Waals surface area contributed by atoms with E-state index in [0.717, 1.165) is 0 Å². The predicted octanol–water partition coefficient (Wildman–Crippen LogP) is 2.48. The fourth-order valence-corrected chi connectivity index (χ4v) is 2.48. The van der Waals surface area contributed by atoms with Gasteiger partial charge >= 0.3 is 5.97 Å². The average Bonchev–Trinajstić information content (AvgIpc) is 2.30. The second-order valence-electron chi connectivity index (χ2n) is 3.53. The Labute approximate surface area is 115 Å². The number of pyridine rings is 1. The molecule has 0 bridgehead atoms. The van der Waals surface area contributed by atoms with Gasteiger partial charge < -0.3 is 10.1 Å². The van der Waals surface area contributed by atoms with Crippen LogP contribution in [0.25, 0.3) is 11.1 Å². The molecule has 0 fully saturated rings. The first-order valence-corrected chi connectivity index (χ1v) is 5.99. The summed E-state index contributed by atoms with van der Waals surface area (Å²) in [6.45, 7) is 0. The lowest BCUT2D eigenvalue weighted by molar-refractivity contribution is 0.0694. The van der Waals surface area contributed by atoms with Crippen LogP contribution in [0.1, 0.15) is 10.4 Å². The highest BCUT2D eigenvalue weighted by Crippen LogP contribution is 2.25. The summed E-state index contributed by atoms with van der Waals surface area (Å²) in [5, 5.41) is 8.98. The molecule has 92 valence electrons. The summed E-state index contributed by atoms with van der Waals surface area (Å²) in [5.74, 6) is -1.67. The van der Waals surface area contributed by atoms with Gasteiger partial charge in [0.1, 0.15) is 11.4 Å². The Bertz CT molecular complexity index is 664. The molecule has 0 saturated heterocycles. The van der Waals surface area contributed by atoms with Crippen LogP contribution in [0, 0.1) is 9.39 Å². The lowest BCUT2D eigenvalue weighted by atomic mass is 10.1. The molecular weight excluding hydrogens is 352 g/mol. The number of aromatic amines is 1. The number of carboxylic acids is 1. The third-order valence-corrected chi connectivity index (χ3v) is 3.52. The molecule has 0 atom stereocenters. The number of halogens is 2. The molecule has 0 radical (unpaired) electrons. The van der Waals surface area contributed by atoms with Crippen molar-refractivity contribution in [3.8, 4) is 11.1 Å². The van der Waals surface area contributed by atoms with Crippen LogP contribution in [-0.2, 0) is 0 Å². The van der Waals surface area contributed by atoms with Gasteiger partial charge in [-0.25, -0.2) is 9.18 Å². The number of aromatic carboxylic acids is 1. The highest BCUT2D eigenvalue weighted by molar-refractivity contribution is 14.1. The van der Waals surface area contributed by atoms with Crippen LogP contribution in [-0.4, -0.2) is 16.1 Å². The van der Waals surface area contributed by atoms with Crippen LogP contribution in [0.15, 0.2) is 35.3 Å². The number of benzene rings is 1. The first-order valence-electron chi connectivity index (χ1n) is 4.91. The zero-order valence-corrected chi connectivity index (χ0v) is 11.1. The number of rotatable bonds is 2. The third-order valence-electron chi connectivity index (χ3n) is 2.40. The summed E-state index contributed by atoms with van der Waals surface area (Å²) in [7, 11) is 0. The van der Waals surface area contributed by atoms with Crippen LogP contribution in [0.5, 0.6) is 0 Å². The van der Waals surface area contributed by atoms with E-state index in [0.29, 0.717) is 14.7 Å². The monoisotopic (exact) mass is 359 g/mol. The van der Waals surface area contributed by atoms with Crippen molar-refractivity contribution < 1.29 is 14.3 Å². The smallest absolute Gasteiger partial charge is 0.342 e. The Morgan fingerprint density at radius 2 is 1.89 bits per heavy atom. The maximum Gasteiger partial charge on any atom is 0.342 e. The second-order valence-corrected chi connectivity index (χ2v) is 4.61. The third kappa shape index (κ3) is 2.28. The molecule has 1 aromatic heterocycles. The minimum Gasteiger partial charge on any atom is -0.477 e. The standard InChI is InChI=1S/C12H7FINO3/c13-7-3-1-6(2-4-7)8-5-15-11(16)9(10(8)14)12(17)18/h1-5H,(H,15,16)(H,17,18). The number of nitrogens with one attached hydrogen (secondary N) is 1. The van der Waals surface area contributed by atoms with Gasteiger partial charge in [0.2, 0.25) is 0 Å². The van der Waals surface area contributed by atoms with Crippen molar-refractivity contribution in [2.24, 2.45) is 0 Å². The molecule has 0 saturated carbocycles. The molecule has 0 aliphatic heterocycles. The fraction of sp³-hybridized carbons (Fsp3) is 0. The van der Waals surface area contributed by atoms with E-state index in [1.165, 1.54) is 30.5 Å². The van der Waals surface area contributed by atoms with E-state index >= 15 is 0 Å². The first-order chi connectivity index (χ1) is 8.50. The molecule has 2 aromatic rings. The molecule has 2 rings (SSSR count). The van der Waals surface area contributed by atoms with Crippen LogP contribution >= 0.6 is 22.6 Å². The normalized spacial score (nSPS) is 10.3. The Balaban J connectivity index is 2.66. The van der Waals surface area contributed by atoms with E-state index in [9.17, 15) is 14.0 Å². The lowest BCUT2D eigenvalue weighted by Crippen LogP contribution is -2.19. The summed E-state index contributed by atoms with van der Waals surface area (Å²) >= 11 is 1.80. The van der Waals surface area contributed by atoms with Gasteiger partial charge in [-0.15, -0.1) is 0 Å². The van der Waals surface area contributed by atoms with Crippen molar-refractivity contribution in [2.75, 3.05) is 0 Å². The lowest BCUT2D eigenvalue weighted by Gasteiger charge is -2.06. The molecule has 0 unspecified atom stereocenters. The van der Waals surface area contributed by atoms with Crippen molar-refractivity contribution in [1.82, 2.24) is 4.98 Å². The van der Waals surface area contributed by atoms with E-state index < -0.39 is 11.5 Å². The van der Waals surface area contributed by atoms with Gasteiger partial charge in [0.15, 0.2) is 0 Å². The Morgan fingerprint density at radius 3 is 2.44 bits per heavy atom. The SMILES string of the molecule is O=C(O)c1c(I)c(-c2ccc(F)cc2)c[nH]c1=O. The minimum absolute atomic E-state index is 0.308. The number of carboxylic acid groups (broad SMARTS) is 1. The molecule has 18 heavy (non-hydrogen) atoms. The summed E-state index contributed by atoms with van der Waals surface area (Å²) in [5.41, 5.74) is 0.224. The largest absolute Gasteiger partial charge is 0.477 e. The Kier molecular flexibility index (Phi) is 3.46. The predicted molar refractivity (Wildman–Crippen MR) is 72.1 cm³/mol. The summed E-state index contributed by atoms with van der Waals surface area (Å²) in [6, 6.07) is 5.60. The Hall–Kier alpha value is -1.70. The number of aromatic nitrogens is 1. The Morgan fingerprint density at radius 1 is 1.28 bits per heavy atom.